The molecule has 4 aromatic rings. The van der Waals surface area contributed by atoms with Gasteiger partial charge in [-0.3, -0.25) is 4.79 Å². The fourth-order valence-corrected chi connectivity index (χ4v) is 5.60. The number of carbonyl (C=O) groups excluding carboxylic acids is 2. The van der Waals surface area contributed by atoms with Gasteiger partial charge in [0.15, 0.2) is 17.9 Å². The summed E-state index contributed by atoms with van der Waals surface area (Å²) in [6.45, 7) is 1.54. The third kappa shape index (κ3) is 7.19. The molecule has 0 fully saturated rings. The molecule has 0 saturated heterocycles. The molecule has 4 rings (SSSR count). The first-order chi connectivity index (χ1) is 18.6. The number of carbonyl (C=O) groups is 2. The van der Waals surface area contributed by atoms with Crippen molar-refractivity contribution >= 4 is 34.7 Å². The number of esters is 2. The highest BCUT2D eigenvalue weighted by atomic mass is 32.2. The van der Waals surface area contributed by atoms with Crippen LogP contribution in [-0.4, -0.2) is 38.0 Å². The number of furan rings is 1. The molecular weight excluding hydrogens is 500 g/mol. The number of thioether (sulfide) groups is 1. The molecule has 38 heavy (non-hydrogen) atoms. The minimum atomic E-state index is -0.459. The first-order valence-corrected chi connectivity index (χ1v) is 13.7. The number of hydrogen-bond donors (Lipinski definition) is 0. The molecular formula is C31H32O6S. The summed E-state index contributed by atoms with van der Waals surface area (Å²) in [4.78, 5) is 22.8. The molecule has 1 aromatic heterocycles. The van der Waals surface area contributed by atoms with Gasteiger partial charge < -0.3 is 18.6 Å². The summed E-state index contributed by atoms with van der Waals surface area (Å²) in [6, 6.07) is 26.8. The quantitative estimate of drug-likeness (QED) is 0.143. The summed E-state index contributed by atoms with van der Waals surface area (Å²) in [5.74, 6) is 1.46. The average Bonchev–Trinajstić information content (AvgIpc) is 3.30. The maximum Gasteiger partial charge on any atom is 0.343 e. The Kier molecular flexibility index (Phi) is 9.87. The van der Waals surface area contributed by atoms with E-state index >= 15 is 0 Å². The van der Waals surface area contributed by atoms with Crippen LogP contribution in [0.25, 0.3) is 11.0 Å². The maximum absolute atomic E-state index is 11.6. The van der Waals surface area contributed by atoms with Crippen LogP contribution >= 0.6 is 11.8 Å². The van der Waals surface area contributed by atoms with E-state index in [1.54, 1.807) is 6.07 Å². The zero-order valence-corrected chi connectivity index (χ0v) is 22.5. The highest BCUT2D eigenvalue weighted by molar-refractivity contribution is 7.99. The van der Waals surface area contributed by atoms with Gasteiger partial charge in [-0.1, -0.05) is 72.8 Å². The molecule has 0 aliphatic heterocycles. The minimum Gasteiger partial charge on any atom is -0.478 e. The number of hydrogen-bond acceptors (Lipinski definition) is 7. The fourth-order valence-electron chi connectivity index (χ4n) is 4.35. The van der Waals surface area contributed by atoms with Crippen molar-refractivity contribution in [1.29, 1.82) is 0 Å². The highest BCUT2D eigenvalue weighted by Crippen LogP contribution is 2.38. The smallest absolute Gasteiger partial charge is 0.343 e. The number of fused-ring (bicyclic) bond motifs is 1. The van der Waals surface area contributed by atoms with Crippen molar-refractivity contribution in [3.8, 4) is 5.75 Å². The standard InChI is InChI=1S/C31H32O6S/c1-22(32)35-19-10-17-27-25(26-15-9-16-28(30(26)37-27)36-21-29(33)34-2)18-20-38-31(23-11-5-3-6-12-23)24-13-7-4-8-14-24/h3-9,11-16,31H,10,17-21H2,1-2H3. The van der Waals surface area contributed by atoms with E-state index in [2.05, 4.69) is 48.5 Å². The lowest BCUT2D eigenvalue weighted by molar-refractivity contribution is -0.143. The third-order valence-electron chi connectivity index (χ3n) is 6.13. The van der Waals surface area contributed by atoms with Crippen molar-refractivity contribution in [3.63, 3.8) is 0 Å². The molecule has 3 aromatic carbocycles. The molecule has 0 amide bonds. The van der Waals surface area contributed by atoms with Crippen LogP contribution in [-0.2, 0) is 31.9 Å². The molecule has 0 N–H and O–H groups in total. The van der Waals surface area contributed by atoms with E-state index in [1.165, 1.54) is 25.2 Å². The van der Waals surface area contributed by atoms with Crippen LogP contribution in [0.15, 0.2) is 83.3 Å². The number of ether oxygens (including phenoxy) is 3. The largest absolute Gasteiger partial charge is 0.478 e. The number of aryl methyl sites for hydroxylation is 2. The van der Waals surface area contributed by atoms with Crippen molar-refractivity contribution in [3.05, 3.63) is 101 Å². The van der Waals surface area contributed by atoms with Gasteiger partial charge in [0, 0.05) is 24.3 Å². The molecule has 0 radical (unpaired) electrons. The summed E-state index contributed by atoms with van der Waals surface area (Å²) in [7, 11) is 1.33. The van der Waals surface area contributed by atoms with Gasteiger partial charge in [0.1, 0.15) is 5.76 Å². The zero-order valence-electron chi connectivity index (χ0n) is 21.7. The van der Waals surface area contributed by atoms with Crippen LogP contribution in [0, 0.1) is 0 Å². The number of rotatable bonds is 13. The van der Waals surface area contributed by atoms with Gasteiger partial charge >= 0.3 is 11.9 Å². The van der Waals surface area contributed by atoms with Crippen LogP contribution in [0.4, 0.5) is 0 Å². The Labute approximate surface area is 227 Å². The van der Waals surface area contributed by atoms with Crippen molar-refractivity contribution in [1.82, 2.24) is 0 Å². The third-order valence-corrected chi connectivity index (χ3v) is 7.45. The van der Waals surface area contributed by atoms with Crippen LogP contribution in [0.3, 0.4) is 0 Å². The molecule has 7 heteroatoms. The lowest BCUT2D eigenvalue weighted by Crippen LogP contribution is -2.12. The maximum atomic E-state index is 11.6. The van der Waals surface area contributed by atoms with Crippen molar-refractivity contribution in [2.45, 2.75) is 31.4 Å². The second kappa shape index (κ2) is 13.7. The molecule has 1 heterocycles. The summed E-state index contributed by atoms with van der Waals surface area (Å²) in [5, 5.41) is 1.17. The Morgan fingerprint density at radius 1 is 0.895 bits per heavy atom. The second-order valence-electron chi connectivity index (χ2n) is 8.77. The van der Waals surface area contributed by atoms with Crippen LogP contribution in [0.2, 0.25) is 0 Å². The predicted octanol–water partition coefficient (Wildman–Crippen LogP) is 6.55. The molecule has 198 valence electrons. The van der Waals surface area contributed by atoms with Crippen molar-refractivity contribution < 1.29 is 28.2 Å². The van der Waals surface area contributed by atoms with Gasteiger partial charge in [-0.15, -0.1) is 11.8 Å². The van der Waals surface area contributed by atoms with Gasteiger partial charge in [-0.25, -0.2) is 4.79 Å². The average molecular weight is 533 g/mol. The van der Waals surface area contributed by atoms with Crippen molar-refractivity contribution in [2.75, 3.05) is 26.1 Å². The van der Waals surface area contributed by atoms with Gasteiger partial charge in [0.05, 0.1) is 19.0 Å². The van der Waals surface area contributed by atoms with E-state index in [0.717, 1.165) is 28.9 Å². The lowest BCUT2D eigenvalue weighted by Gasteiger charge is -2.18. The van der Waals surface area contributed by atoms with Gasteiger partial charge in [0.2, 0.25) is 0 Å². The first-order valence-electron chi connectivity index (χ1n) is 12.6. The van der Waals surface area contributed by atoms with E-state index in [4.69, 9.17) is 18.6 Å². The van der Waals surface area contributed by atoms with Crippen LogP contribution in [0.5, 0.6) is 5.75 Å². The Morgan fingerprint density at radius 2 is 1.58 bits per heavy atom. The summed E-state index contributed by atoms with van der Waals surface area (Å²) in [6.07, 6.45) is 2.06. The molecule has 0 spiro atoms. The molecule has 6 nitrogen and oxygen atoms in total. The Hall–Kier alpha value is -3.71. The van der Waals surface area contributed by atoms with E-state index in [1.807, 2.05) is 36.0 Å². The fraction of sp³-hybridized carbons (Fsp3) is 0.290. The molecule has 0 saturated carbocycles. The second-order valence-corrected chi connectivity index (χ2v) is 9.98. The van der Waals surface area contributed by atoms with Gasteiger partial charge in [0.25, 0.3) is 0 Å². The zero-order chi connectivity index (χ0) is 26.7. The number of para-hydroxylation sites is 1. The molecule has 0 aliphatic carbocycles. The number of methoxy groups -OCH3 is 1. The van der Waals surface area contributed by atoms with E-state index in [9.17, 15) is 9.59 Å². The number of benzene rings is 3. The van der Waals surface area contributed by atoms with Crippen LogP contribution < -0.4 is 4.74 Å². The monoisotopic (exact) mass is 532 g/mol. The lowest BCUT2D eigenvalue weighted by atomic mass is 10.0. The molecule has 0 unspecified atom stereocenters. The van der Waals surface area contributed by atoms with E-state index in [0.29, 0.717) is 30.8 Å². The minimum absolute atomic E-state index is 0.195. The van der Waals surface area contributed by atoms with Gasteiger partial charge in [-0.2, -0.15) is 0 Å². The van der Waals surface area contributed by atoms with Crippen molar-refractivity contribution in [2.24, 2.45) is 0 Å². The Morgan fingerprint density at radius 3 is 2.21 bits per heavy atom. The van der Waals surface area contributed by atoms with E-state index in [-0.39, 0.29) is 17.8 Å². The highest BCUT2D eigenvalue weighted by Gasteiger charge is 2.20. The summed E-state index contributed by atoms with van der Waals surface area (Å²) < 4.78 is 21.9. The normalized spacial score (nSPS) is 11.0. The molecule has 0 bridgehead atoms. The summed E-state index contributed by atoms with van der Waals surface area (Å²) in [5.41, 5.74) is 4.25. The van der Waals surface area contributed by atoms with E-state index < -0.39 is 5.97 Å². The van der Waals surface area contributed by atoms with Gasteiger partial charge in [-0.05, 0) is 35.8 Å². The first kappa shape index (κ1) is 27.3. The topological polar surface area (TPSA) is 75.0 Å². The Bertz CT molecular complexity index is 1290. The van der Waals surface area contributed by atoms with Crippen LogP contribution in [0.1, 0.15) is 41.0 Å². The predicted molar refractivity (Wildman–Crippen MR) is 150 cm³/mol. The molecule has 0 atom stereocenters. The SMILES string of the molecule is COC(=O)COc1cccc2c(CCSC(c3ccccc3)c3ccccc3)c(CCCOC(C)=O)oc12. The summed E-state index contributed by atoms with van der Waals surface area (Å²) >= 11 is 1.89. The Balaban J connectivity index is 1.57. The molecule has 0 aliphatic rings.